The van der Waals surface area contributed by atoms with Crippen LogP contribution in [-0.4, -0.2) is 81.6 Å². The van der Waals surface area contributed by atoms with E-state index in [2.05, 4.69) is 0 Å². The summed E-state index contributed by atoms with van der Waals surface area (Å²) in [7, 11) is 6.44. The van der Waals surface area contributed by atoms with Crippen LogP contribution in [0.1, 0.15) is 35.7 Å². The lowest BCUT2D eigenvalue weighted by molar-refractivity contribution is -0.153. The number of methoxy groups -OCH3 is 3. The fourth-order valence-electron chi connectivity index (χ4n) is 5.29. The molecule has 5 unspecified atom stereocenters. The highest BCUT2D eigenvalue weighted by atomic mass is 16.6. The van der Waals surface area contributed by atoms with Gasteiger partial charge >= 0.3 is 17.9 Å². The average molecular weight is 540 g/mol. The summed E-state index contributed by atoms with van der Waals surface area (Å²) >= 11 is 0. The normalized spacial score (nSPS) is 24.2. The number of hydrogen-bond donors (Lipinski definition) is 0. The van der Waals surface area contributed by atoms with Crippen LogP contribution in [0, 0.1) is 0 Å². The van der Waals surface area contributed by atoms with Crippen molar-refractivity contribution in [1.29, 1.82) is 0 Å². The van der Waals surface area contributed by atoms with Crippen molar-refractivity contribution < 1.29 is 42.8 Å². The minimum atomic E-state index is -0.699. The molecular formula is C29H33NO9. The molecule has 10 heteroatoms. The molecule has 0 amide bonds. The van der Waals surface area contributed by atoms with Crippen molar-refractivity contribution in [1.82, 2.24) is 4.90 Å². The summed E-state index contributed by atoms with van der Waals surface area (Å²) in [4.78, 5) is 39.5. The van der Waals surface area contributed by atoms with Crippen LogP contribution in [0.2, 0.25) is 0 Å². The van der Waals surface area contributed by atoms with E-state index in [-0.39, 0.29) is 12.1 Å². The summed E-state index contributed by atoms with van der Waals surface area (Å²) in [6, 6.07) is 11.5. The molecule has 0 aromatic heterocycles. The Labute approximate surface area is 227 Å². The minimum absolute atomic E-state index is 0.280. The van der Waals surface area contributed by atoms with Gasteiger partial charge in [-0.3, -0.25) is 9.69 Å². The average Bonchev–Trinajstić information content (AvgIpc) is 3.06. The van der Waals surface area contributed by atoms with Crippen LogP contribution in [0.5, 0.6) is 17.2 Å². The third-order valence-corrected chi connectivity index (χ3v) is 7.07. The maximum atomic E-state index is 12.8. The number of hydrogen-bond acceptors (Lipinski definition) is 10. The molecule has 0 saturated carbocycles. The zero-order chi connectivity index (χ0) is 28.1. The molecule has 2 fully saturated rings. The van der Waals surface area contributed by atoms with Crippen LogP contribution in [0.3, 0.4) is 0 Å². The Bertz CT molecular complexity index is 1200. The van der Waals surface area contributed by atoms with Gasteiger partial charge < -0.3 is 28.4 Å². The van der Waals surface area contributed by atoms with Crippen molar-refractivity contribution in [2.45, 2.75) is 50.2 Å². The second-order valence-electron chi connectivity index (χ2n) is 9.43. The Kier molecular flexibility index (Phi) is 8.75. The molecule has 2 aromatic carbocycles. The van der Waals surface area contributed by atoms with Crippen molar-refractivity contribution in [2.24, 2.45) is 0 Å². The highest BCUT2D eigenvalue weighted by Crippen LogP contribution is 2.40. The van der Waals surface area contributed by atoms with Gasteiger partial charge in [-0.05, 0) is 43.0 Å². The van der Waals surface area contributed by atoms with Crippen molar-refractivity contribution in [2.75, 3.05) is 28.4 Å². The molecule has 0 aliphatic carbocycles. The van der Waals surface area contributed by atoms with Crippen LogP contribution >= 0.6 is 0 Å². The topological polar surface area (TPSA) is 110 Å². The van der Waals surface area contributed by atoms with E-state index in [1.807, 2.05) is 18.0 Å². The standard InChI is InChI=1S/C29H33NO9/c1-17(31)37-26-21-15-20(16-22(30(21)2)27(26)39-29(33)19-9-7-6-8-10-19)38-25(32)12-11-18-13-23(34-3)28(36-5)24(14-18)35-4/h6-14,20-22,26-27H,15-16H2,1-5H3. The summed E-state index contributed by atoms with van der Waals surface area (Å²) in [5.41, 5.74) is 1.07. The lowest BCUT2D eigenvalue weighted by Gasteiger charge is -2.35. The third-order valence-electron chi connectivity index (χ3n) is 7.07. The van der Waals surface area contributed by atoms with Gasteiger partial charge in [0.1, 0.15) is 6.10 Å². The van der Waals surface area contributed by atoms with Gasteiger partial charge in [-0.25, -0.2) is 9.59 Å². The summed E-state index contributed by atoms with van der Waals surface area (Å²) in [5, 5.41) is 0. The van der Waals surface area contributed by atoms with Crippen LogP contribution < -0.4 is 14.2 Å². The van der Waals surface area contributed by atoms with Crippen molar-refractivity contribution in [3.63, 3.8) is 0 Å². The van der Waals surface area contributed by atoms with Crippen molar-refractivity contribution >= 4 is 24.0 Å². The molecule has 5 atom stereocenters. The number of piperidine rings is 1. The van der Waals surface area contributed by atoms with Gasteiger partial charge in [0.15, 0.2) is 23.7 Å². The van der Waals surface area contributed by atoms with Gasteiger partial charge in [0, 0.05) is 25.8 Å². The number of rotatable bonds is 9. The van der Waals surface area contributed by atoms with Crippen molar-refractivity contribution in [3.05, 3.63) is 59.7 Å². The second kappa shape index (κ2) is 12.2. The SMILES string of the molecule is COc1cc(C=CC(=O)OC2CC3C(OC(C)=O)C(OC(=O)c4ccccc4)C(C2)N3C)cc(OC)c1OC. The quantitative estimate of drug-likeness (QED) is 0.268. The molecule has 208 valence electrons. The first-order chi connectivity index (χ1) is 18.7. The zero-order valence-corrected chi connectivity index (χ0v) is 22.6. The Morgan fingerprint density at radius 2 is 1.44 bits per heavy atom. The van der Waals surface area contributed by atoms with Gasteiger partial charge in [-0.1, -0.05) is 18.2 Å². The molecule has 2 aliphatic heterocycles. The Morgan fingerprint density at radius 3 is 1.97 bits per heavy atom. The van der Waals surface area contributed by atoms with E-state index in [9.17, 15) is 14.4 Å². The van der Waals surface area contributed by atoms with E-state index < -0.39 is 36.2 Å². The van der Waals surface area contributed by atoms with Crippen LogP contribution in [-0.2, 0) is 23.8 Å². The first kappa shape index (κ1) is 28.0. The molecule has 10 nitrogen and oxygen atoms in total. The maximum absolute atomic E-state index is 12.8. The molecule has 4 rings (SSSR count). The summed E-state index contributed by atoms with van der Waals surface area (Å²) in [6.07, 6.45) is 1.94. The molecule has 0 N–H and O–H groups in total. The Hall–Kier alpha value is -4.05. The fourth-order valence-corrected chi connectivity index (χ4v) is 5.29. The lowest BCUT2D eigenvalue weighted by Crippen LogP contribution is -2.46. The van der Waals surface area contributed by atoms with E-state index in [1.165, 1.54) is 34.3 Å². The third kappa shape index (κ3) is 6.17. The number of likely N-dealkylation sites (N-methyl/N-ethyl adjacent to an activating group) is 1. The number of carbonyl (C=O) groups excluding carboxylic acids is 3. The number of nitrogens with zero attached hydrogens (tertiary/aromatic N) is 1. The number of fused-ring (bicyclic) bond motifs is 2. The zero-order valence-electron chi connectivity index (χ0n) is 22.6. The predicted molar refractivity (Wildman–Crippen MR) is 141 cm³/mol. The highest BCUT2D eigenvalue weighted by molar-refractivity contribution is 5.89. The van der Waals surface area contributed by atoms with Gasteiger partial charge in [0.2, 0.25) is 5.75 Å². The summed E-state index contributed by atoms with van der Waals surface area (Å²) in [5.74, 6) is -0.122. The van der Waals surface area contributed by atoms with E-state index in [1.54, 1.807) is 42.5 Å². The number of benzene rings is 2. The largest absolute Gasteiger partial charge is 0.493 e. The molecule has 2 aliphatic rings. The number of carbonyl (C=O) groups is 3. The maximum Gasteiger partial charge on any atom is 0.338 e. The second-order valence-corrected chi connectivity index (χ2v) is 9.43. The van der Waals surface area contributed by atoms with Crippen LogP contribution in [0.25, 0.3) is 6.08 Å². The highest BCUT2D eigenvalue weighted by Gasteiger charge is 2.56. The molecule has 2 bridgehead atoms. The molecular weight excluding hydrogens is 506 g/mol. The fraction of sp³-hybridized carbons (Fsp3) is 0.414. The first-order valence-electron chi connectivity index (χ1n) is 12.6. The number of esters is 3. The Morgan fingerprint density at radius 1 is 0.846 bits per heavy atom. The van der Waals surface area contributed by atoms with E-state index in [0.717, 1.165) is 0 Å². The van der Waals surface area contributed by atoms with Gasteiger partial charge in [0.05, 0.1) is 39.0 Å². The summed E-state index contributed by atoms with van der Waals surface area (Å²) < 4.78 is 33.3. The van der Waals surface area contributed by atoms with E-state index in [4.69, 9.17) is 28.4 Å². The van der Waals surface area contributed by atoms with Gasteiger partial charge in [-0.2, -0.15) is 0 Å². The van der Waals surface area contributed by atoms with Gasteiger partial charge in [-0.15, -0.1) is 0 Å². The first-order valence-corrected chi connectivity index (χ1v) is 12.6. The molecule has 2 aromatic rings. The number of ether oxygens (including phenoxy) is 6. The van der Waals surface area contributed by atoms with Gasteiger partial charge in [0.25, 0.3) is 0 Å². The minimum Gasteiger partial charge on any atom is -0.493 e. The molecule has 0 spiro atoms. The molecule has 0 radical (unpaired) electrons. The van der Waals surface area contributed by atoms with Crippen LogP contribution in [0.15, 0.2) is 48.5 Å². The molecule has 2 saturated heterocycles. The lowest BCUT2D eigenvalue weighted by atomic mass is 10.00. The summed E-state index contributed by atoms with van der Waals surface area (Å²) in [6.45, 7) is 1.32. The molecule has 2 heterocycles. The Balaban J connectivity index is 1.47. The monoisotopic (exact) mass is 539 g/mol. The van der Waals surface area contributed by atoms with Crippen LogP contribution in [0.4, 0.5) is 0 Å². The predicted octanol–water partition coefficient (Wildman–Crippen LogP) is 3.27. The van der Waals surface area contributed by atoms with Crippen molar-refractivity contribution in [3.8, 4) is 17.2 Å². The smallest absolute Gasteiger partial charge is 0.338 e. The van der Waals surface area contributed by atoms with E-state index >= 15 is 0 Å². The molecule has 39 heavy (non-hydrogen) atoms. The van der Waals surface area contributed by atoms with E-state index in [0.29, 0.717) is 41.2 Å².